The molecule has 0 saturated carbocycles. The van der Waals surface area contributed by atoms with Crippen molar-refractivity contribution in [1.29, 1.82) is 0 Å². The highest BCUT2D eigenvalue weighted by Crippen LogP contribution is 2.30. The zero-order chi connectivity index (χ0) is 23.0. The number of halogens is 4. The van der Waals surface area contributed by atoms with Gasteiger partial charge in [-0.15, -0.1) is 0 Å². The molecule has 2 amide bonds. The fourth-order valence-electron chi connectivity index (χ4n) is 3.84. The normalized spacial score (nSPS) is 20.0. The molecule has 0 aliphatic carbocycles. The lowest BCUT2D eigenvalue weighted by Gasteiger charge is -2.42. The van der Waals surface area contributed by atoms with Crippen molar-refractivity contribution in [2.75, 3.05) is 24.7 Å². The maximum atomic E-state index is 14.4. The van der Waals surface area contributed by atoms with Crippen molar-refractivity contribution in [2.24, 2.45) is 5.92 Å². The van der Waals surface area contributed by atoms with Crippen LogP contribution in [0.25, 0.3) is 0 Å². The Morgan fingerprint density at radius 3 is 2.47 bits per heavy atom. The van der Waals surface area contributed by atoms with E-state index >= 15 is 0 Å². The molecule has 6 nitrogen and oxygen atoms in total. The Labute approximate surface area is 187 Å². The number of carbonyl (C=O) groups excluding carboxylic acids is 2. The first-order valence-corrected chi connectivity index (χ1v) is 10.5. The molecule has 2 saturated heterocycles. The Morgan fingerprint density at radius 1 is 1.22 bits per heavy atom. The van der Waals surface area contributed by atoms with Crippen molar-refractivity contribution in [3.63, 3.8) is 0 Å². The van der Waals surface area contributed by atoms with Crippen LogP contribution in [0.4, 0.5) is 19.0 Å². The number of pyridine rings is 1. The van der Waals surface area contributed by atoms with Gasteiger partial charge in [-0.1, -0.05) is 35.9 Å². The van der Waals surface area contributed by atoms with Gasteiger partial charge in [0.2, 0.25) is 5.91 Å². The number of hydrogen-bond acceptors (Lipinski definition) is 4. The summed E-state index contributed by atoms with van der Waals surface area (Å²) in [5.41, 5.74) is 0.471. The smallest absolute Gasteiger partial charge is 0.270 e. The maximum Gasteiger partial charge on any atom is 0.270 e. The fraction of sp³-hybridized carbons (Fsp3) is 0.409. The molecule has 0 unspecified atom stereocenters. The number of benzene rings is 1. The molecular formula is C22H21ClF3N3O3. The topological polar surface area (TPSA) is 62.7 Å². The highest BCUT2D eigenvalue weighted by molar-refractivity contribution is 6.30. The molecule has 0 radical (unpaired) electrons. The third-order valence-electron chi connectivity index (χ3n) is 5.66. The molecule has 4 rings (SSSR count). The number of hydrogen-bond donors (Lipinski definition) is 0. The van der Waals surface area contributed by atoms with Crippen molar-refractivity contribution >= 4 is 29.2 Å². The number of nitrogens with zero attached hydrogens (tertiary/aromatic N) is 3. The summed E-state index contributed by atoms with van der Waals surface area (Å²) >= 11 is 5.76. The highest BCUT2D eigenvalue weighted by Gasteiger charge is 2.43. The molecule has 2 aromatic rings. The predicted molar refractivity (Wildman–Crippen MR) is 111 cm³/mol. The number of anilines is 1. The molecule has 2 aliphatic rings. The zero-order valence-corrected chi connectivity index (χ0v) is 18.0. The van der Waals surface area contributed by atoms with Crippen LogP contribution in [0, 0.1) is 11.7 Å². The average Bonchev–Trinajstić information content (AvgIpc) is 2.69. The Morgan fingerprint density at radius 2 is 1.91 bits per heavy atom. The second kappa shape index (κ2) is 8.71. The zero-order valence-electron chi connectivity index (χ0n) is 17.2. The van der Waals surface area contributed by atoms with Gasteiger partial charge in [-0.25, -0.2) is 18.2 Å². The largest absolute Gasteiger partial charge is 0.381 e. The lowest BCUT2D eigenvalue weighted by molar-refractivity contribution is -0.146. The number of alkyl halides is 2. The molecule has 32 heavy (non-hydrogen) atoms. The second-order valence-corrected chi connectivity index (χ2v) is 8.58. The van der Waals surface area contributed by atoms with Gasteiger partial charge in [0.25, 0.3) is 11.8 Å². The molecule has 2 fully saturated rings. The summed E-state index contributed by atoms with van der Waals surface area (Å²) in [6.07, 6.45) is 1.56. The molecule has 0 bridgehead atoms. The Balaban J connectivity index is 1.60. The molecule has 3 heterocycles. The Bertz CT molecular complexity index is 1030. The number of carbonyl (C=O) groups is 2. The van der Waals surface area contributed by atoms with Gasteiger partial charge in [-0.3, -0.25) is 14.5 Å². The summed E-state index contributed by atoms with van der Waals surface area (Å²) in [7, 11) is 0. The van der Waals surface area contributed by atoms with E-state index in [0.717, 1.165) is 17.9 Å². The molecule has 0 N–H and O–H groups in total. The molecule has 2 aliphatic heterocycles. The van der Waals surface area contributed by atoms with Crippen LogP contribution in [-0.4, -0.2) is 47.5 Å². The highest BCUT2D eigenvalue weighted by atomic mass is 35.5. The molecule has 170 valence electrons. The van der Waals surface area contributed by atoms with Gasteiger partial charge in [-0.05, 0) is 18.1 Å². The summed E-state index contributed by atoms with van der Waals surface area (Å²) in [4.78, 5) is 32.7. The van der Waals surface area contributed by atoms with E-state index < -0.39 is 29.6 Å². The number of rotatable bonds is 6. The van der Waals surface area contributed by atoms with Crippen LogP contribution in [0.3, 0.4) is 0 Å². The van der Waals surface area contributed by atoms with E-state index in [1.54, 1.807) is 0 Å². The number of amides is 2. The van der Waals surface area contributed by atoms with Crippen LogP contribution in [-0.2, 0) is 26.8 Å². The monoisotopic (exact) mass is 467 g/mol. The minimum atomic E-state index is -2.97. The SMILES string of the molecule is CC(F)(F)c1ccc(CN2C(=O)CN(c3ncc(Cl)cc3F)C(=O)[C@H]2CC2COC2)cc1. The molecule has 1 aromatic carbocycles. The number of ether oxygens (including phenoxy) is 1. The number of piperazine rings is 1. The molecule has 10 heteroatoms. The van der Waals surface area contributed by atoms with Gasteiger partial charge in [-0.2, -0.15) is 0 Å². The van der Waals surface area contributed by atoms with Crippen LogP contribution < -0.4 is 4.90 Å². The van der Waals surface area contributed by atoms with Gasteiger partial charge >= 0.3 is 0 Å². The van der Waals surface area contributed by atoms with E-state index in [1.807, 2.05) is 0 Å². The number of aromatic nitrogens is 1. The second-order valence-electron chi connectivity index (χ2n) is 8.15. The predicted octanol–water partition coefficient (Wildman–Crippen LogP) is 3.77. The van der Waals surface area contributed by atoms with Gasteiger partial charge in [0.05, 0.1) is 18.2 Å². The fourth-order valence-corrected chi connectivity index (χ4v) is 3.98. The minimum Gasteiger partial charge on any atom is -0.381 e. The lowest BCUT2D eigenvalue weighted by Crippen LogP contribution is -2.61. The molecular weight excluding hydrogens is 447 g/mol. The van der Waals surface area contributed by atoms with Gasteiger partial charge in [0.15, 0.2) is 11.6 Å². The summed E-state index contributed by atoms with van der Waals surface area (Å²) in [6, 6.07) is 5.82. The van der Waals surface area contributed by atoms with E-state index in [1.165, 1.54) is 35.4 Å². The van der Waals surface area contributed by atoms with Crippen molar-refractivity contribution in [3.05, 3.63) is 58.5 Å². The molecule has 0 spiro atoms. The minimum absolute atomic E-state index is 0.0722. The van der Waals surface area contributed by atoms with Crippen LogP contribution in [0.2, 0.25) is 5.02 Å². The van der Waals surface area contributed by atoms with Crippen molar-refractivity contribution < 1.29 is 27.5 Å². The average molecular weight is 468 g/mol. The summed E-state index contributed by atoms with van der Waals surface area (Å²) in [5, 5.41) is 0.0768. The summed E-state index contributed by atoms with van der Waals surface area (Å²) < 4.78 is 46.6. The van der Waals surface area contributed by atoms with Crippen LogP contribution in [0.1, 0.15) is 24.5 Å². The lowest BCUT2D eigenvalue weighted by atomic mass is 9.94. The van der Waals surface area contributed by atoms with Crippen molar-refractivity contribution in [2.45, 2.75) is 31.9 Å². The van der Waals surface area contributed by atoms with Gasteiger partial charge < -0.3 is 9.64 Å². The van der Waals surface area contributed by atoms with Crippen molar-refractivity contribution in [3.8, 4) is 0 Å². The standard InChI is InChI=1S/C22H21ClF3N3O3/c1-22(25,26)15-4-2-13(3-5-15)9-28-18(6-14-11-32-12-14)21(31)29(10-19(28)30)20-17(24)7-16(23)8-27-20/h2-5,7-8,14,18H,6,9-12H2,1H3/t18-/m1/s1. The quantitative estimate of drug-likeness (QED) is 0.649. The van der Waals surface area contributed by atoms with E-state index in [4.69, 9.17) is 16.3 Å². The summed E-state index contributed by atoms with van der Waals surface area (Å²) in [6.45, 7) is 1.44. The summed E-state index contributed by atoms with van der Waals surface area (Å²) in [5.74, 6) is -4.79. The first kappa shape index (κ1) is 22.5. The van der Waals surface area contributed by atoms with E-state index in [0.29, 0.717) is 25.2 Å². The van der Waals surface area contributed by atoms with Gasteiger partial charge in [0, 0.05) is 31.1 Å². The Hall–Kier alpha value is -2.65. The van der Waals surface area contributed by atoms with E-state index in [2.05, 4.69) is 4.98 Å². The molecule has 1 aromatic heterocycles. The third-order valence-corrected chi connectivity index (χ3v) is 5.87. The van der Waals surface area contributed by atoms with Gasteiger partial charge in [0.1, 0.15) is 12.6 Å². The van der Waals surface area contributed by atoms with Crippen molar-refractivity contribution in [1.82, 2.24) is 9.88 Å². The Kier molecular flexibility index (Phi) is 6.13. The maximum absolute atomic E-state index is 14.4. The van der Waals surface area contributed by atoms with E-state index in [9.17, 15) is 22.8 Å². The third kappa shape index (κ3) is 4.59. The van der Waals surface area contributed by atoms with Crippen LogP contribution in [0.5, 0.6) is 0 Å². The van der Waals surface area contributed by atoms with Crippen LogP contribution >= 0.6 is 11.6 Å². The van der Waals surface area contributed by atoms with Crippen LogP contribution in [0.15, 0.2) is 36.5 Å². The van der Waals surface area contributed by atoms with E-state index in [-0.39, 0.29) is 35.4 Å². The molecule has 1 atom stereocenters. The first-order valence-electron chi connectivity index (χ1n) is 10.1. The first-order chi connectivity index (χ1) is 15.1.